The van der Waals surface area contributed by atoms with E-state index >= 15 is 0 Å². The van der Waals surface area contributed by atoms with Crippen LogP contribution >= 0.6 is 11.3 Å². The molecule has 0 bridgehead atoms. The molecule has 1 aromatic carbocycles. The van der Waals surface area contributed by atoms with Gasteiger partial charge in [0.25, 0.3) is 11.8 Å². The molecule has 0 aliphatic heterocycles. The van der Waals surface area contributed by atoms with Crippen molar-refractivity contribution >= 4 is 28.2 Å². The first-order valence-electron chi connectivity index (χ1n) is 6.48. The van der Waals surface area contributed by atoms with Crippen molar-refractivity contribution in [1.82, 2.24) is 0 Å². The SMILES string of the molecule is NC(=O)c1cc(-c2ccccc2)sc1NC(=O)c1ccoc1. The number of nitrogens with two attached hydrogens (primary N) is 1. The Morgan fingerprint density at radius 2 is 1.91 bits per heavy atom. The number of carbonyl (C=O) groups is 2. The number of benzene rings is 1. The van der Waals surface area contributed by atoms with E-state index in [9.17, 15) is 9.59 Å². The zero-order chi connectivity index (χ0) is 15.5. The largest absolute Gasteiger partial charge is 0.472 e. The van der Waals surface area contributed by atoms with E-state index in [1.54, 1.807) is 12.1 Å². The summed E-state index contributed by atoms with van der Waals surface area (Å²) in [5.41, 5.74) is 7.03. The van der Waals surface area contributed by atoms with Crippen molar-refractivity contribution in [2.45, 2.75) is 0 Å². The smallest absolute Gasteiger partial charge is 0.259 e. The van der Waals surface area contributed by atoms with Gasteiger partial charge in [0, 0.05) is 4.88 Å². The molecule has 110 valence electrons. The number of thiophene rings is 1. The molecule has 3 aromatic rings. The minimum absolute atomic E-state index is 0.292. The number of furan rings is 1. The molecule has 0 spiro atoms. The summed E-state index contributed by atoms with van der Waals surface area (Å²) in [7, 11) is 0. The lowest BCUT2D eigenvalue weighted by Crippen LogP contribution is -2.16. The molecular weight excluding hydrogens is 300 g/mol. The molecule has 0 aliphatic carbocycles. The summed E-state index contributed by atoms with van der Waals surface area (Å²) in [4.78, 5) is 24.5. The summed E-state index contributed by atoms with van der Waals surface area (Å²) in [6, 6.07) is 12.8. The molecular formula is C16H12N2O3S. The number of hydrogen-bond donors (Lipinski definition) is 2. The monoisotopic (exact) mass is 312 g/mol. The molecule has 0 fully saturated rings. The normalized spacial score (nSPS) is 10.4. The number of amides is 2. The quantitative estimate of drug-likeness (QED) is 0.774. The van der Waals surface area contributed by atoms with Crippen LogP contribution in [0.1, 0.15) is 20.7 Å². The number of nitrogens with one attached hydrogen (secondary N) is 1. The fourth-order valence-corrected chi connectivity index (χ4v) is 3.04. The van der Waals surface area contributed by atoms with Crippen molar-refractivity contribution in [2.24, 2.45) is 5.73 Å². The van der Waals surface area contributed by atoms with E-state index < -0.39 is 5.91 Å². The molecule has 3 rings (SSSR count). The van der Waals surface area contributed by atoms with Gasteiger partial charge in [-0.15, -0.1) is 11.3 Å². The number of primary amides is 1. The van der Waals surface area contributed by atoms with Gasteiger partial charge < -0.3 is 15.5 Å². The highest BCUT2D eigenvalue weighted by atomic mass is 32.1. The van der Waals surface area contributed by atoms with Crippen molar-refractivity contribution in [2.75, 3.05) is 5.32 Å². The zero-order valence-corrected chi connectivity index (χ0v) is 12.2. The molecule has 0 aliphatic rings. The average Bonchev–Trinajstić information content (AvgIpc) is 3.17. The van der Waals surface area contributed by atoms with E-state index in [1.807, 2.05) is 30.3 Å². The summed E-state index contributed by atoms with van der Waals surface area (Å²) in [5, 5.41) is 3.13. The number of anilines is 1. The van der Waals surface area contributed by atoms with Gasteiger partial charge in [-0.3, -0.25) is 9.59 Å². The summed E-state index contributed by atoms with van der Waals surface area (Å²) in [6.07, 6.45) is 2.75. The van der Waals surface area contributed by atoms with Crippen LogP contribution in [0.15, 0.2) is 59.4 Å². The highest BCUT2D eigenvalue weighted by Gasteiger charge is 2.17. The highest BCUT2D eigenvalue weighted by Crippen LogP contribution is 2.35. The van der Waals surface area contributed by atoms with Gasteiger partial charge in [0.05, 0.1) is 17.4 Å². The molecule has 0 saturated carbocycles. The third-order valence-corrected chi connectivity index (χ3v) is 4.17. The van der Waals surface area contributed by atoms with Gasteiger partial charge in [-0.25, -0.2) is 0 Å². The molecule has 3 N–H and O–H groups in total. The van der Waals surface area contributed by atoms with Crippen LogP contribution in [0.4, 0.5) is 5.00 Å². The lowest BCUT2D eigenvalue weighted by atomic mass is 10.1. The number of rotatable bonds is 4. The average molecular weight is 312 g/mol. The van der Waals surface area contributed by atoms with Gasteiger partial charge in [0.1, 0.15) is 11.3 Å². The third-order valence-electron chi connectivity index (χ3n) is 3.07. The Kier molecular flexibility index (Phi) is 3.76. The minimum Gasteiger partial charge on any atom is -0.472 e. The van der Waals surface area contributed by atoms with E-state index in [0.29, 0.717) is 16.1 Å². The fraction of sp³-hybridized carbons (Fsp3) is 0. The minimum atomic E-state index is -0.582. The van der Waals surface area contributed by atoms with Crippen molar-refractivity contribution in [3.63, 3.8) is 0 Å². The Morgan fingerprint density at radius 1 is 1.14 bits per heavy atom. The predicted molar refractivity (Wildman–Crippen MR) is 84.9 cm³/mol. The van der Waals surface area contributed by atoms with Crippen molar-refractivity contribution in [3.05, 3.63) is 66.1 Å². The van der Waals surface area contributed by atoms with Gasteiger partial charge in [0.2, 0.25) is 0 Å². The van der Waals surface area contributed by atoms with Gasteiger partial charge >= 0.3 is 0 Å². The first kappa shape index (κ1) is 14.1. The molecule has 0 radical (unpaired) electrons. The maximum Gasteiger partial charge on any atom is 0.259 e. The molecule has 2 amide bonds. The van der Waals surface area contributed by atoms with Crippen molar-refractivity contribution < 1.29 is 14.0 Å². The Morgan fingerprint density at radius 3 is 2.55 bits per heavy atom. The lowest BCUT2D eigenvalue weighted by molar-refractivity contribution is 0.100. The van der Waals surface area contributed by atoms with E-state index in [0.717, 1.165) is 10.4 Å². The molecule has 2 heterocycles. The summed E-state index contributed by atoms with van der Waals surface area (Å²) >= 11 is 1.30. The lowest BCUT2D eigenvalue weighted by Gasteiger charge is -2.02. The second kappa shape index (κ2) is 5.87. The van der Waals surface area contributed by atoms with Crippen LogP contribution in [0.25, 0.3) is 10.4 Å². The summed E-state index contributed by atoms with van der Waals surface area (Å²) in [5.74, 6) is -0.932. The summed E-state index contributed by atoms with van der Waals surface area (Å²) in [6.45, 7) is 0. The van der Waals surface area contributed by atoms with E-state index in [4.69, 9.17) is 10.2 Å². The Bertz CT molecular complexity index is 807. The topological polar surface area (TPSA) is 85.3 Å². The molecule has 22 heavy (non-hydrogen) atoms. The fourth-order valence-electron chi connectivity index (χ4n) is 1.98. The van der Waals surface area contributed by atoms with Crippen LogP contribution in [0.5, 0.6) is 0 Å². The van der Waals surface area contributed by atoms with Gasteiger partial charge in [-0.2, -0.15) is 0 Å². The van der Waals surface area contributed by atoms with Crippen LogP contribution in [0.3, 0.4) is 0 Å². The summed E-state index contributed by atoms with van der Waals surface area (Å²) < 4.78 is 4.88. The predicted octanol–water partition coefficient (Wildman–Crippen LogP) is 3.36. The third kappa shape index (κ3) is 2.77. The maximum absolute atomic E-state index is 12.1. The van der Waals surface area contributed by atoms with Gasteiger partial charge in [-0.1, -0.05) is 30.3 Å². The molecule has 6 heteroatoms. The standard InChI is InChI=1S/C16H12N2O3S/c17-14(19)12-8-13(10-4-2-1-3-5-10)22-16(12)18-15(20)11-6-7-21-9-11/h1-9H,(H2,17,19)(H,18,20). The van der Waals surface area contributed by atoms with Crippen LogP contribution < -0.4 is 11.1 Å². The van der Waals surface area contributed by atoms with Crippen molar-refractivity contribution in [3.8, 4) is 10.4 Å². The van der Waals surface area contributed by atoms with Gasteiger partial charge in [0.15, 0.2) is 0 Å². The maximum atomic E-state index is 12.1. The number of carbonyl (C=O) groups excluding carboxylic acids is 2. The van der Waals surface area contributed by atoms with Crippen LogP contribution in [0, 0.1) is 0 Å². The number of hydrogen-bond acceptors (Lipinski definition) is 4. The Labute approximate surface area is 130 Å². The molecule has 0 atom stereocenters. The first-order valence-corrected chi connectivity index (χ1v) is 7.29. The molecule has 5 nitrogen and oxygen atoms in total. The second-order valence-electron chi connectivity index (χ2n) is 4.55. The Hall–Kier alpha value is -2.86. The molecule has 0 unspecified atom stereocenters. The van der Waals surface area contributed by atoms with Crippen LogP contribution in [0.2, 0.25) is 0 Å². The van der Waals surface area contributed by atoms with E-state index in [-0.39, 0.29) is 5.91 Å². The van der Waals surface area contributed by atoms with Crippen LogP contribution in [-0.4, -0.2) is 11.8 Å². The van der Waals surface area contributed by atoms with Gasteiger partial charge in [-0.05, 0) is 17.7 Å². The second-order valence-corrected chi connectivity index (χ2v) is 5.60. The zero-order valence-electron chi connectivity index (χ0n) is 11.4. The van der Waals surface area contributed by atoms with E-state index in [2.05, 4.69) is 5.32 Å². The molecule has 0 saturated heterocycles. The highest BCUT2D eigenvalue weighted by molar-refractivity contribution is 7.20. The van der Waals surface area contributed by atoms with Crippen LogP contribution in [-0.2, 0) is 0 Å². The Balaban J connectivity index is 1.95. The van der Waals surface area contributed by atoms with E-state index in [1.165, 1.54) is 23.9 Å². The molecule has 2 aromatic heterocycles. The van der Waals surface area contributed by atoms with Crippen molar-refractivity contribution in [1.29, 1.82) is 0 Å². The first-order chi connectivity index (χ1) is 10.6.